The minimum absolute atomic E-state index is 0.215. The second-order valence-electron chi connectivity index (χ2n) is 8.25. The van der Waals surface area contributed by atoms with E-state index in [2.05, 4.69) is 17.2 Å². The Morgan fingerprint density at radius 1 is 0.969 bits per heavy atom. The van der Waals surface area contributed by atoms with Gasteiger partial charge in [0.15, 0.2) is 0 Å². The number of carbonyl (C=O) groups excluding carboxylic acids is 1. The summed E-state index contributed by atoms with van der Waals surface area (Å²) in [7, 11) is -3.76. The van der Waals surface area contributed by atoms with E-state index in [0.29, 0.717) is 19.4 Å². The maximum absolute atomic E-state index is 13.5. The highest BCUT2D eigenvalue weighted by Gasteiger charge is 2.41. The van der Waals surface area contributed by atoms with Crippen LogP contribution in [0.4, 0.5) is 0 Å². The van der Waals surface area contributed by atoms with Gasteiger partial charge in [-0.15, -0.1) is 0 Å². The summed E-state index contributed by atoms with van der Waals surface area (Å²) in [5, 5.41) is 4.49. The molecule has 1 aromatic heterocycles. The number of rotatable bonds is 5. The number of hydrogen-bond acceptors (Lipinski definition) is 5. The molecular weight excluding hydrogens is 442 g/mol. The molecule has 0 spiro atoms. The molecule has 1 aliphatic heterocycles. The summed E-state index contributed by atoms with van der Waals surface area (Å²) in [5.41, 5.74) is 3.66. The van der Waals surface area contributed by atoms with Crippen LogP contribution in [0.3, 0.4) is 0 Å². The van der Waals surface area contributed by atoms with Crippen molar-refractivity contribution in [1.29, 1.82) is 0 Å². The third-order valence-electron chi connectivity index (χ3n) is 5.79. The fraction of sp³-hybridized carbons (Fsp3) is 0.333. The Balaban J connectivity index is 1.62. The van der Waals surface area contributed by atoms with Crippen molar-refractivity contribution in [3.05, 3.63) is 71.0 Å². The van der Waals surface area contributed by atoms with E-state index in [1.807, 2.05) is 39.8 Å². The van der Waals surface area contributed by atoms with E-state index in [-0.39, 0.29) is 10.8 Å². The number of benzene rings is 2. The van der Waals surface area contributed by atoms with Crippen LogP contribution in [0.2, 0.25) is 0 Å². The molecule has 2 aromatic carbocycles. The maximum atomic E-state index is 13.5. The summed E-state index contributed by atoms with van der Waals surface area (Å²) in [6.45, 7) is 8.02. The van der Waals surface area contributed by atoms with Gasteiger partial charge >= 0.3 is 0 Å². The summed E-state index contributed by atoms with van der Waals surface area (Å²) >= 11 is 1.57. The molecule has 168 valence electrons. The minimum atomic E-state index is -3.76. The molecule has 6 nitrogen and oxygen atoms in total. The molecule has 2 heterocycles. The third kappa shape index (κ3) is 4.27. The summed E-state index contributed by atoms with van der Waals surface area (Å²) < 4.78 is 29.2. The summed E-state index contributed by atoms with van der Waals surface area (Å²) in [4.78, 5) is 15.7. The van der Waals surface area contributed by atoms with Crippen LogP contribution in [0.5, 0.6) is 0 Å². The topological polar surface area (TPSA) is 72.3 Å². The molecular formula is C24H27N3O3S2. The van der Waals surface area contributed by atoms with Gasteiger partial charge in [0.05, 0.1) is 21.2 Å². The Kier molecular flexibility index (Phi) is 6.29. The van der Waals surface area contributed by atoms with E-state index in [1.54, 1.807) is 36.0 Å². The van der Waals surface area contributed by atoms with E-state index in [0.717, 1.165) is 26.7 Å². The van der Waals surface area contributed by atoms with Gasteiger partial charge in [0.2, 0.25) is 10.0 Å². The first kappa shape index (κ1) is 22.8. The van der Waals surface area contributed by atoms with Crippen molar-refractivity contribution in [3.63, 3.8) is 0 Å². The largest absolute Gasteiger partial charge is 0.271 e. The molecule has 1 fully saturated rings. The normalized spacial score (nSPS) is 17.1. The van der Waals surface area contributed by atoms with Crippen LogP contribution < -0.4 is 0 Å². The number of carbonyl (C=O) groups is 1. The number of aromatic nitrogens is 2. The van der Waals surface area contributed by atoms with Crippen molar-refractivity contribution in [2.45, 2.75) is 61.3 Å². The van der Waals surface area contributed by atoms with Crippen LogP contribution in [0.15, 0.2) is 63.2 Å². The number of nitrogens with zero attached hydrogens (tertiary/aromatic N) is 3. The van der Waals surface area contributed by atoms with Gasteiger partial charge < -0.3 is 0 Å². The van der Waals surface area contributed by atoms with Crippen molar-refractivity contribution >= 4 is 27.7 Å². The lowest BCUT2D eigenvalue weighted by atomic mass is 10.2. The molecule has 3 aromatic rings. The van der Waals surface area contributed by atoms with E-state index in [1.165, 1.54) is 14.6 Å². The molecule has 0 radical (unpaired) electrons. The lowest BCUT2D eigenvalue weighted by Gasteiger charge is -2.23. The van der Waals surface area contributed by atoms with Crippen molar-refractivity contribution in [2.24, 2.45) is 0 Å². The van der Waals surface area contributed by atoms with Crippen LogP contribution in [0.1, 0.15) is 40.2 Å². The molecule has 0 unspecified atom stereocenters. The highest BCUT2D eigenvalue weighted by Crippen LogP contribution is 2.34. The zero-order valence-corrected chi connectivity index (χ0v) is 20.3. The average Bonchev–Trinajstić information content (AvgIpc) is 3.36. The van der Waals surface area contributed by atoms with E-state index < -0.39 is 16.1 Å². The van der Waals surface area contributed by atoms with Gasteiger partial charge in [0, 0.05) is 11.4 Å². The fourth-order valence-corrected chi connectivity index (χ4v) is 6.56. The highest BCUT2D eigenvalue weighted by atomic mass is 32.2. The average molecular weight is 470 g/mol. The van der Waals surface area contributed by atoms with Gasteiger partial charge in [-0.3, -0.25) is 4.79 Å². The van der Waals surface area contributed by atoms with Crippen LogP contribution in [0.25, 0.3) is 0 Å². The summed E-state index contributed by atoms with van der Waals surface area (Å²) in [6, 6.07) is 14.2. The molecule has 8 heteroatoms. The van der Waals surface area contributed by atoms with Crippen LogP contribution >= 0.6 is 11.8 Å². The Morgan fingerprint density at radius 2 is 1.56 bits per heavy atom. The van der Waals surface area contributed by atoms with Gasteiger partial charge in [0.1, 0.15) is 6.04 Å². The summed E-state index contributed by atoms with van der Waals surface area (Å²) in [6.07, 6.45) is 1.13. The predicted octanol–water partition coefficient (Wildman–Crippen LogP) is 4.76. The van der Waals surface area contributed by atoms with Crippen molar-refractivity contribution in [3.8, 4) is 0 Å². The first-order valence-corrected chi connectivity index (χ1v) is 12.9. The second kappa shape index (κ2) is 8.84. The molecule has 4 rings (SSSR count). The van der Waals surface area contributed by atoms with Gasteiger partial charge in [-0.2, -0.15) is 9.40 Å². The first-order valence-electron chi connectivity index (χ1n) is 10.6. The van der Waals surface area contributed by atoms with Crippen molar-refractivity contribution in [1.82, 2.24) is 14.1 Å². The molecule has 0 N–H and O–H groups in total. The zero-order valence-electron chi connectivity index (χ0n) is 18.7. The molecule has 0 bridgehead atoms. The Hall–Kier alpha value is -2.42. The van der Waals surface area contributed by atoms with E-state index in [9.17, 15) is 13.2 Å². The molecule has 0 aliphatic carbocycles. The number of hydrogen-bond donors (Lipinski definition) is 0. The zero-order chi connectivity index (χ0) is 23.0. The van der Waals surface area contributed by atoms with Gasteiger partial charge in [-0.25, -0.2) is 13.1 Å². The summed E-state index contributed by atoms with van der Waals surface area (Å²) in [5.74, 6) is -0.297. The van der Waals surface area contributed by atoms with E-state index >= 15 is 0 Å². The fourth-order valence-electron chi connectivity index (χ4n) is 3.98. The Morgan fingerprint density at radius 3 is 2.19 bits per heavy atom. The smallest absolute Gasteiger partial charge is 0.265 e. The lowest BCUT2D eigenvalue weighted by Crippen LogP contribution is -2.43. The predicted molar refractivity (Wildman–Crippen MR) is 126 cm³/mol. The maximum Gasteiger partial charge on any atom is 0.265 e. The molecule has 1 saturated heterocycles. The van der Waals surface area contributed by atoms with Crippen LogP contribution in [-0.4, -0.2) is 41.0 Å². The van der Waals surface area contributed by atoms with Crippen LogP contribution in [-0.2, 0) is 10.0 Å². The SMILES string of the molecule is Cc1ccc(Sc2c(C)nn(C(=O)[C@H]3CCCN3S(=O)(=O)c3ccc(C)cc3)c2C)cc1. The molecule has 1 atom stereocenters. The van der Waals surface area contributed by atoms with Gasteiger partial charge in [0.25, 0.3) is 5.91 Å². The number of aryl methyl sites for hydroxylation is 3. The van der Waals surface area contributed by atoms with Gasteiger partial charge in [-0.1, -0.05) is 47.2 Å². The lowest BCUT2D eigenvalue weighted by molar-refractivity contribution is 0.0813. The van der Waals surface area contributed by atoms with Crippen molar-refractivity contribution in [2.75, 3.05) is 6.54 Å². The van der Waals surface area contributed by atoms with Crippen molar-refractivity contribution < 1.29 is 13.2 Å². The molecule has 0 saturated carbocycles. The monoisotopic (exact) mass is 469 g/mol. The molecule has 0 amide bonds. The molecule has 1 aliphatic rings. The Bertz CT molecular complexity index is 1250. The van der Waals surface area contributed by atoms with E-state index in [4.69, 9.17) is 0 Å². The quantitative estimate of drug-likeness (QED) is 0.539. The minimum Gasteiger partial charge on any atom is -0.271 e. The Labute approximate surface area is 193 Å². The number of sulfonamides is 1. The molecule has 32 heavy (non-hydrogen) atoms. The third-order valence-corrected chi connectivity index (χ3v) is 9.02. The standard InChI is InChI=1S/C24H27N3O3S2/c1-16-7-11-20(12-8-16)31-23-18(3)25-27(19(23)4)24(28)22-6-5-15-26(22)32(29,30)21-13-9-17(2)10-14-21/h7-14,22H,5-6,15H2,1-4H3/t22-/m1/s1. The highest BCUT2D eigenvalue weighted by molar-refractivity contribution is 7.99. The van der Waals surface area contributed by atoms with Gasteiger partial charge in [-0.05, 0) is 64.8 Å². The van der Waals surface area contributed by atoms with Crippen LogP contribution in [0, 0.1) is 27.7 Å². The second-order valence-corrected chi connectivity index (χ2v) is 11.2. The first-order chi connectivity index (χ1) is 15.2.